The van der Waals surface area contributed by atoms with Crippen molar-refractivity contribution < 1.29 is 17.9 Å². The van der Waals surface area contributed by atoms with Gasteiger partial charge < -0.3 is 15.8 Å². The minimum atomic E-state index is -3.51. The summed E-state index contributed by atoms with van der Waals surface area (Å²) in [4.78, 5) is 12.2. The van der Waals surface area contributed by atoms with Gasteiger partial charge >= 0.3 is 0 Å². The van der Waals surface area contributed by atoms with E-state index < -0.39 is 9.84 Å². The summed E-state index contributed by atoms with van der Waals surface area (Å²) in [5.74, 6) is -0.224. The van der Waals surface area contributed by atoms with Gasteiger partial charge in [0.25, 0.3) is 0 Å². The highest BCUT2D eigenvalue weighted by Gasteiger charge is 2.28. The summed E-state index contributed by atoms with van der Waals surface area (Å²) in [5.41, 5.74) is 5.99. The minimum Gasteiger partial charge on any atom is -0.396 e. The fourth-order valence-corrected chi connectivity index (χ4v) is 4.63. The molecule has 0 amide bonds. The summed E-state index contributed by atoms with van der Waals surface area (Å²) in [6, 6.07) is -0.0940. The number of nitrogens with one attached hydrogen (secondary N) is 1. The first-order valence-corrected chi connectivity index (χ1v) is 9.18. The Morgan fingerprint density at radius 1 is 1.43 bits per heavy atom. The van der Waals surface area contributed by atoms with E-state index in [-0.39, 0.29) is 34.6 Å². The molecular formula is C13H22N2O4S2. The van der Waals surface area contributed by atoms with Crippen molar-refractivity contribution in [2.24, 2.45) is 0 Å². The fraction of sp³-hybridized carbons (Fsp3) is 0.615. The number of nitrogens with two attached hydrogens (primary N) is 1. The number of ether oxygens (including phenoxy) is 1. The Kier molecular flexibility index (Phi) is 6.18. The number of thiophene rings is 1. The molecule has 1 aromatic rings. The molecule has 1 aromatic heterocycles. The van der Waals surface area contributed by atoms with Gasteiger partial charge in [0.2, 0.25) is 0 Å². The van der Waals surface area contributed by atoms with Gasteiger partial charge in [0.05, 0.1) is 22.9 Å². The highest BCUT2D eigenvalue weighted by molar-refractivity contribution is 7.91. The zero-order valence-corrected chi connectivity index (χ0v) is 14.4. The van der Waals surface area contributed by atoms with Crippen LogP contribution < -0.4 is 11.1 Å². The maximum Gasteiger partial charge on any atom is 0.183 e. The number of anilines is 2. The van der Waals surface area contributed by atoms with Gasteiger partial charge in [-0.15, -0.1) is 11.3 Å². The fourth-order valence-electron chi connectivity index (χ4n) is 1.86. The number of ketones is 1. The number of rotatable bonds is 8. The molecule has 21 heavy (non-hydrogen) atoms. The van der Waals surface area contributed by atoms with Gasteiger partial charge in [0.15, 0.2) is 15.6 Å². The molecule has 1 heterocycles. The van der Waals surface area contributed by atoms with Gasteiger partial charge in [-0.2, -0.15) is 0 Å². The van der Waals surface area contributed by atoms with E-state index in [9.17, 15) is 13.2 Å². The Labute approximate surface area is 129 Å². The average molecular weight is 334 g/mol. The van der Waals surface area contributed by atoms with Crippen molar-refractivity contribution in [2.45, 2.75) is 38.1 Å². The van der Waals surface area contributed by atoms with E-state index in [1.54, 1.807) is 21.0 Å². The normalized spacial score (nSPS) is 13.1. The third-order valence-electron chi connectivity index (χ3n) is 2.96. The molecule has 0 aliphatic carbocycles. The number of carbonyl (C=O) groups is 1. The van der Waals surface area contributed by atoms with Crippen LogP contribution in [0.15, 0.2) is 4.90 Å². The molecule has 0 spiro atoms. The minimum absolute atomic E-state index is 0.0368. The highest BCUT2D eigenvalue weighted by Crippen LogP contribution is 2.40. The summed E-state index contributed by atoms with van der Waals surface area (Å²) in [6.45, 7) is 5.55. The van der Waals surface area contributed by atoms with Crippen LogP contribution in [0.5, 0.6) is 0 Å². The topological polar surface area (TPSA) is 98.5 Å². The molecule has 0 aliphatic rings. The number of methoxy groups -OCH3 is 1. The Bertz CT molecular complexity index is 608. The lowest BCUT2D eigenvalue weighted by molar-refractivity contribution is 0.0992. The van der Waals surface area contributed by atoms with Crippen molar-refractivity contribution in [1.82, 2.24) is 0 Å². The quantitative estimate of drug-likeness (QED) is 0.707. The van der Waals surface area contributed by atoms with Crippen molar-refractivity contribution in [3.8, 4) is 0 Å². The van der Waals surface area contributed by atoms with E-state index in [2.05, 4.69) is 5.32 Å². The van der Waals surface area contributed by atoms with Crippen LogP contribution in [0.3, 0.4) is 0 Å². The van der Waals surface area contributed by atoms with Gasteiger partial charge in [-0.05, 0) is 6.92 Å². The second kappa shape index (κ2) is 7.24. The highest BCUT2D eigenvalue weighted by atomic mass is 32.2. The number of hydrogen-bond acceptors (Lipinski definition) is 7. The maximum absolute atomic E-state index is 12.3. The van der Waals surface area contributed by atoms with Crippen LogP contribution >= 0.6 is 11.3 Å². The van der Waals surface area contributed by atoms with Crippen molar-refractivity contribution in [3.05, 3.63) is 4.88 Å². The summed E-state index contributed by atoms with van der Waals surface area (Å²) in [5, 5.41) is 3.49. The molecule has 0 aromatic carbocycles. The molecule has 0 saturated carbocycles. The first kappa shape index (κ1) is 17.9. The number of Topliss-reactive ketones (excluding diaryl/α,β-unsaturated/α-hetero) is 1. The molecule has 6 nitrogen and oxygen atoms in total. The van der Waals surface area contributed by atoms with E-state index in [0.29, 0.717) is 16.5 Å². The lowest BCUT2D eigenvalue weighted by Gasteiger charge is -2.14. The SMILES string of the molecule is CCC(=O)c1sc(NC(C)COC)c(S(=O)(=O)CC)c1N. The van der Waals surface area contributed by atoms with Crippen molar-refractivity contribution in [3.63, 3.8) is 0 Å². The van der Waals surface area contributed by atoms with Crippen molar-refractivity contribution in [2.75, 3.05) is 30.5 Å². The molecule has 0 fully saturated rings. The van der Waals surface area contributed by atoms with Crippen LogP contribution in [0.2, 0.25) is 0 Å². The number of carbonyl (C=O) groups excluding carboxylic acids is 1. The van der Waals surface area contributed by atoms with Crippen LogP contribution in [-0.4, -0.2) is 39.7 Å². The lowest BCUT2D eigenvalue weighted by Crippen LogP contribution is -2.21. The molecule has 0 radical (unpaired) electrons. The van der Waals surface area contributed by atoms with E-state index in [1.807, 2.05) is 6.92 Å². The number of hydrogen-bond donors (Lipinski definition) is 2. The van der Waals surface area contributed by atoms with Crippen molar-refractivity contribution >= 4 is 37.6 Å². The Morgan fingerprint density at radius 2 is 2.05 bits per heavy atom. The van der Waals surface area contributed by atoms with E-state index in [4.69, 9.17) is 10.5 Å². The molecule has 120 valence electrons. The second-order valence-electron chi connectivity index (χ2n) is 4.68. The smallest absolute Gasteiger partial charge is 0.183 e. The van der Waals surface area contributed by atoms with Crippen LogP contribution in [-0.2, 0) is 14.6 Å². The first-order chi connectivity index (χ1) is 9.78. The summed E-state index contributed by atoms with van der Waals surface area (Å²) in [6.07, 6.45) is 0.281. The van der Waals surface area contributed by atoms with E-state index in [0.717, 1.165) is 11.3 Å². The zero-order valence-electron chi connectivity index (χ0n) is 12.7. The predicted octanol–water partition coefficient (Wildman–Crippen LogP) is 2.16. The monoisotopic (exact) mass is 334 g/mol. The second-order valence-corrected chi connectivity index (χ2v) is 7.92. The summed E-state index contributed by atoms with van der Waals surface area (Å²) < 4.78 is 29.5. The maximum atomic E-state index is 12.3. The van der Waals surface area contributed by atoms with Gasteiger partial charge in [-0.1, -0.05) is 13.8 Å². The number of nitrogen functional groups attached to an aromatic ring is 1. The third-order valence-corrected chi connectivity index (χ3v) is 6.07. The molecule has 1 rings (SSSR count). The van der Waals surface area contributed by atoms with Gasteiger partial charge in [0, 0.05) is 19.6 Å². The first-order valence-electron chi connectivity index (χ1n) is 6.72. The standard InChI is InChI=1S/C13H22N2O4S2/c1-5-9(16)11-10(14)12(21(17,18)6-2)13(20-11)15-8(3)7-19-4/h8,15H,5-7,14H2,1-4H3. The van der Waals surface area contributed by atoms with E-state index >= 15 is 0 Å². The molecule has 0 bridgehead atoms. The average Bonchev–Trinajstić information content (AvgIpc) is 2.75. The Balaban J connectivity index is 3.37. The molecular weight excluding hydrogens is 312 g/mol. The predicted molar refractivity (Wildman–Crippen MR) is 86.0 cm³/mol. The summed E-state index contributed by atoms with van der Waals surface area (Å²) in [7, 11) is -1.94. The molecule has 1 atom stereocenters. The van der Waals surface area contributed by atoms with Crippen LogP contribution in [0, 0.1) is 0 Å². The van der Waals surface area contributed by atoms with Gasteiger partial charge in [0.1, 0.15) is 9.90 Å². The molecule has 1 unspecified atom stereocenters. The van der Waals surface area contributed by atoms with Gasteiger partial charge in [-0.25, -0.2) is 8.42 Å². The van der Waals surface area contributed by atoms with Crippen LogP contribution in [0.4, 0.5) is 10.7 Å². The number of sulfone groups is 1. The molecule has 0 aliphatic heterocycles. The van der Waals surface area contributed by atoms with Crippen LogP contribution in [0.25, 0.3) is 0 Å². The molecule has 0 saturated heterocycles. The largest absolute Gasteiger partial charge is 0.396 e. The third kappa shape index (κ3) is 3.96. The van der Waals surface area contributed by atoms with Crippen LogP contribution in [0.1, 0.15) is 36.9 Å². The van der Waals surface area contributed by atoms with E-state index in [1.165, 1.54) is 0 Å². The Hall–Kier alpha value is -1.12. The summed E-state index contributed by atoms with van der Waals surface area (Å²) >= 11 is 1.09. The van der Waals surface area contributed by atoms with Gasteiger partial charge in [-0.3, -0.25) is 4.79 Å². The zero-order chi connectivity index (χ0) is 16.2. The van der Waals surface area contributed by atoms with Crippen molar-refractivity contribution in [1.29, 1.82) is 0 Å². The Morgan fingerprint density at radius 3 is 2.52 bits per heavy atom. The lowest BCUT2D eigenvalue weighted by atomic mass is 10.2. The molecule has 8 heteroatoms. The molecule has 3 N–H and O–H groups in total.